The van der Waals surface area contributed by atoms with Crippen LogP contribution in [0.1, 0.15) is 26.3 Å². The molecule has 1 aliphatic rings. The first-order chi connectivity index (χ1) is 12.0. The van der Waals surface area contributed by atoms with Gasteiger partial charge in [0.1, 0.15) is 18.2 Å². The maximum atomic E-state index is 13.8. The van der Waals surface area contributed by atoms with Crippen LogP contribution in [0.15, 0.2) is 34.8 Å². The number of rotatable bonds is 3. The van der Waals surface area contributed by atoms with Crippen LogP contribution in [0.2, 0.25) is 0 Å². The molecule has 0 spiro atoms. The Balaban J connectivity index is 1.89. The summed E-state index contributed by atoms with van der Waals surface area (Å²) in [6.45, 7) is 0.802. The summed E-state index contributed by atoms with van der Waals surface area (Å²) >= 11 is 3.32. The fourth-order valence-electron chi connectivity index (χ4n) is 2.45. The molecule has 0 aromatic heterocycles. The fraction of sp³-hybridized carbons (Fsp3) is 0.176. The van der Waals surface area contributed by atoms with Crippen molar-refractivity contribution in [3.8, 4) is 5.75 Å². The van der Waals surface area contributed by atoms with Crippen LogP contribution < -0.4 is 21.1 Å². The van der Waals surface area contributed by atoms with Crippen molar-refractivity contribution < 1.29 is 18.7 Å². The molecule has 3 rings (SSSR count). The van der Waals surface area contributed by atoms with E-state index < -0.39 is 11.7 Å². The van der Waals surface area contributed by atoms with E-state index in [-0.39, 0.29) is 23.6 Å². The van der Waals surface area contributed by atoms with Gasteiger partial charge in [-0.05, 0) is 40.2 Å². The Morgan fingerprint density at radius 1 is 1.36 bits per heavy atom. The van der Waals surface area contributed by atoms with Gasteiger partial charge in [-0.1, -0.05) is 6.07 Å². The standard InChI is InChI=1S/C17H15BrFN3O3/c18-13-6-10(5-12-15(13)25-4-3-21-17(12)24)16(23)22-11-2-1-9(8-20)14(19)7-11/h1-2,5-7H,3-4,8,20H2,(H,21,24)(H,22,23). The first kappa shape index (κ1) is 17.4. The van der Waals surface area contributed by atoms with Gasteiger partial charge >= 0.3 is 0 Å². The number of ether oxygens (including phenoxy) is 1. The third-order valence-corrected chi connectivity index (χ3v) is 4.30. The van der Waals surface area contributed by atoms with Gasteiger partial charge in [-0.25, -0.2) is 4.39 Å². The van der Waals surface area contributed by atoms with E-state index in [4.69, 9.17) is 10.5 Å². The zero-order valence-electron chi connectivity index (χ0n) is 13.1. The topological polar surface area (TPSA) is 93.5 Å². The number of nitrogens with two attached hydrogens (primary N) is 1. The molecule has 1 heterocycles. The van der Waals surface area contributed by atoms with E-state index in [9.17, 15) is 14.0 Å². The Hall–Kier alpha value is -2.45. The zero-order valence-corrected chi connectivity index (χ0v) is 14.7. The molecule has 2 aromatic carbocycles. The SMILES string of the molecule is NCc1ccc(NC(=O)c2cc(Br)c3c(c2)C(=O)NCCO3)cc1F. The molecule has 8 heteroatoms. The van der Waals surface area contributed by atoms with E-state index in [1.807, 2.05) is 0 Å². The molecular weight excluding hydrogens is 393 g/mol. The number of hydrogen-bond donors (Lipinski definition) is 3. The molecule has 130 valence electrons. The lowest BCUT2D eigenvalue weighted by atomic mass is 10.1. The van der Waals surface area contributed by atoms with Crippen molar-refractivity contribution in [2.45, 2.75) is 6.54 Å². The first-order valence-electron chi connectivity index (χ1n) is 7.54. The molecule has 0 saturated carbocycles. The van der Waals surface area contributed by atoms with Crippen molar-refractivity contribution in [1.29, 1.82) is 0 Å². The second kappa shape index (κ2) is 7.20. The number of fused-ring (bicyclic) bond motifs is 1. The Morgan fingerprint density at radius 3 is 2.88 bits per heavy atom. The third kappa shape index (κ3) is 3.64. The summed E-state index contributed by atoms with van der Waals surface area (Å²) in [7, 11) is 0. The minimum absolute atomic E-state index is 0.0763. The summed E-state index contributed by atoms with van der Waals surface area (Å²) in [5.41, 5.74) is 6.59. The summed E-state index contributed by atoms with van der Waals surface area (Å²) in [4.78, 5) is 24.6. The summed E-state index contributed by atoms with van der Waals surface area (Å²) in [5, 5.41) is 5.29. The van der Waals surface area contributed by atoms with Gasteiger partial charge in [0, 0.05) is 23.4 Å². The molecule has 0 unspecified atom stereocenters. The van der Waals surface area contributed by atoms with Gasteiger partial charge in [-0.15, -0.1) is 0 Å². The van der Waals surface area contributed by atoms with Crippen molar-refractivity contribution in [2.24, 2.45) is 5.73 Å². The fourth-order valence-corrected chi connectivity index (χ4v) is 3.02. The Bertz CT molecular complexity index is 857. The van der Waals surface area contributed by atoms with Gasteiger partial charge in [0.15, 0.2) is 0 Å². The van der Waals surface area contributed by atoms with Gasteiger partial charge in [-0.2, -0.15) is 0 Å². The second-order valence-corrected chi connectivity index (χ2v) is 6.26. The van der Waals surface area contributed by atoms with E-state index in [2.05, 4.69) is 26.6 Å². The average Bonchev–Trinajstić information content (AvgIpc) is 2.77. The summed E-state index contributed by atoms with van der Waals surface area (Å²) in [6.07, 6.45) is 0. The number of benzene rings is 2. The molecule has 0 radical (unpaired) electrons. The monoisotopic (exact) mass is 407 g/mol. The van der Waals surface area contributed by atoms with Crippen LogP contribution in [0.3, 0.4) is 0 Å². The Kier molecular flexibility index (Phi) is 5.00. The van der Waals surface area contributed by atoms with Crippen molar-refractivity contribution in [3.63, 3.8) is 0 Å². The number of carbonyl (C=O) groups excluding carboxylic acids is 2. The maximum absolute atomic E-state index is 13.8. The number of halogens is 2. The van der Waals surface area contributed by atoms with Crippen LogP contribution in [-0.4, -0.2) is 25.0 Å². The van der Waals surface area contributed by atoms with E-state index in [0.717, 1.165) is 0 Å². The third-order valence-electron chi connectivity index (χ3n) is 3.72. The number of nitrogens with one attached hydrogen (secondary N) is 2. The minimum Gasteiger partial charge on any atom is -0.490 e. The highest BCUT2D eigenvalue weighted by atomic mass is 79.9. The lowest BCUT2D eigenvalue weighted by Crippen LogP contribution is -2.24. The number of amides is 2. The zero-order chi connectivity index (χ0) is 18.0. The molecule has 6 nitrogen and oxygen atoms in total. The molecule has 2 amide bonds. The number of hydrogen-bond acceptors (Lipinski definition) is 4. The first-order valence-corrected chi connectivity index (χ1v) is 8.33. The molecule has 1 aliphatic heterocycles. The van der Waals surface area contributed by atoms with Crippen LogP contribution in [-0.2, 0) is 6.54 Å². The summed E-state index contributed by atoms with van der Waals surface area (Å²) < 4.78 is 19.8. The lowest BCUT2D eigenvalue weighted by molar-refractivity contribution is 0.0957. The van der Waals surface area contributed by atoms with Crippen LogP contribution in [0, 0.1) is 5.82 Å². The minimum atomic E-state index is -0.490. The molecule has 25 heavy (non-hydrogen) atoms. The van der Waals surface area contributed by atoms with Crippen LogP contribution >= 0.6 is 15.9 Å². The van der Waals surface area contributed by atoms with E-state index >= 15 is 0 Å². The molecule has 0 saturated heterocycles. The smallest absolute Gasteiger partial charge is 0.255 e. The highest BCUT2D eigenvalue weighted by Gasteiger charge is 2.22. The maximum Gasteiger partial charge on any atom is 0.255 e. The Labute approximate surface area is 151 Å². The summed E-state index contributed by atoms with van der Waals surface area (Å²) in [6, 6.07) is 7.28. The molecule has 0 bridgehead atoms. The van der Waals surface area contributed by atoms with Crippen LogP contribution in [0.5, 0.6) is 5.75 Å². The second-order valence-electron chi connectivity index (χ2n) is 5.40. The van der Waals surface area contributed by atoms with Crippen molar-refractivity contribution in [2.75, 3.05) is 18.5 Å². The summed E-state index contributed by atoms with van der Waals surface area (Å²) in [5.74, 6) is -0.886. The van der Waals surface area contributed by atoms with Gasteiger partial charge in [0.2, 0.25) is 0 Å². The highest BCUT2D eigenvalue weighted by molar-refractivity contribution is 9.10. The normalized spacial score (nSPS) is 13.3. The van der Waals surface area contributed by atoms with Gasteiger partial charge in [0.25, 0.3) is 11.8 Å². The molecule has 0 fully saturated rings. The van der Waals surface area contributed by atoms with E-state index in [1.165, 1.54) is 18.2 Å². The number of anilines is 1. The van der Waals surface area contributed by atoms with E-state index in [0.29, 0.717) is 34.6 Å². The van der Waals surface area contributed by atoms with Crippen LogP contribution in [0.25, 0.3) is 0 Å². The molecule has 2 aromatic rings. The van der Waals surface area contributed by atoms with Gasteiger partial charge < -0.3 is 21.1 Å². The number of carbonyl (C=O) groups is 2. The molecular formula is C17H15BrFN3O3. The van der Waals surface area contributed by atoms with Gasteiger partial charge in [0.05, 0.1) is 16.6 Å². The van der Waals surface area contributed by atoms with Gasteiger partial charge in [-0.3, -0.25) is 9.59 Å². The van der Waals surface area contributed by atoms with E-state index in [1.54, 1.807) is 12.1 Å². The molecule has 0 atom stereocenters. The average molecular weight is 408 g/mol. The van der Waals surface area contributed by atoms with Crippen LogP contribution in [0.4, 0.5) is 10.1 Å². The molecule has 4 N–H and O–H groups in total. The van der Waals surface area contributed by atoms with Crippen molar-refractivity contribution in [1.82, 2.24) is 5.32 Å². The predicted molar refractivity (Wildman–Crippen MR) is 94.2 cm³/mol. The lowest BCUT2D eigenvalue weighted by Gasteiger charge is -2.11. The highest BCUT2D eigenvalue weighted by Crippen LogP contribution is 2.32. The van der Waals surface area contributed by atoms with Crippen molar-refractivity contribution in [3.05, 3.63) is 57.3 Å². The predicted octanol–water partition coefficient (Wildman–Crippen LogP) is 2.42. The quantitative estimate of drug-likeness (QED) is 0.728. The Morgan fingerprint density at radius 2 is 2.16 bits per heavy atom. The largest absolute Gasteiger partial charge is 0.490 e. The molecule has 0 aliphatic carbocycles. The van der Waals surface area contributed by atoms with Crippen molar-refractivity contribution >= 4 is 33.4 Å².